The van der Waals surface area contributed by atoms with Crippen LogP contribution in [0.25, 0.3) is 0 Å². The van der Waals surface area contributed by atoms with Gasteiger partial charge in [0, 0.05) is 6.54 Å². The highest BCUT2D eigenvalue weighted by Gasteiger charge is 2.19. The van der Waals surface area contributed by atoms with E-state index in [0.717, 1.165) is 12.1 Å². The predicted molar refractivity (Wildman–Crippen MR) is 69.6 cm³/mol. The number of carbonyl (C=O) groups excluding carboxylic acids is 1. The molecule has 0 aliphatic heterocycles. The highest BCUT2D eigenvalue weighted by molar-refractivity contribution is 7.90. The Labute approximate surface area is 111 Å². The number of rotatable bonds is 4. The number of anilines is 1. The number of carbonyl (C=O) groups is 1. The minimum absolute atomic E-state index is 0.0920. The molecule has 0 bridgehead atoms. The lowest BCUT2D eigenvalue weighted by Crippen LogP contribution is -2.39. The molecular formula is C11H16FN3O3S. The molecule has 0 aliphatic rings. The Bertz CT molecular complexity index is 564. The minimum atomic E-state index is -4.06. The van der Waals surface area contributed by atoms with Crippen LogP contribution in [-0.2, 0) is 10.0 Å². The zero-order valence-electron chi connectivity index (χ0n) is 10.7. The zero-order chi connectivity index (χ0) is 14.6. The van der Waals surface area contributed by atoms with E-state index in [4.69, 9.17) is 5.73 Å². The van der Waals surface area contributed by atoms with Crippen LogP contribution in [-0.4, -0.2) is 21.0 Å². The molecule has 8 heteroatoms. The average Bonchev–Trinajstić information content (AvgIpc) is 2.32. The molecule has 0 unspecified atom stereocenters. The topological polar surface area (TPSA) is 101 Å². The standard InChI is InChI=1S/C11H16FN3O3S/c1-3-4-14-11(16)15-19(17,18)8-5-7(2)10(12)9(13)6-8/h5-6H,3-4,13H2,1-2H3,(H2,14,15,16). The van der Waals surface area contributed by atoms with Gasteiger partial charge in [0.2, 0.25) is 0 Å². The highest BCUT2D eigenvalue weighted by Crippen LogP contribution is 2.20. The second-order valence-corrected chi connectivity index (χ2v) is 5.69. The van der Waals surface area contributed by atoms with Crippen molar-refractivity contribution in [2.75, 3.05) is 12.3 Å². The molecule has 19 heavy (non-hydrogen) atoms. The smallest absolute Gasteiger partial charge is 0.328 e. The van der Waals surface area contributed by atoms with Crippen LogP contribution < -0.4 is 15.8 Å². The van der Waals surface area contributed by atoms with Crippen molar-refractivity contribution in [3.05, 3.63) is 23.5 Å². The normalized spacial score (nSPS) is 11.1. The molecule has 0 spiro atoms. The van der Waals surface area contributed by atoms with Gasteiger partial charge in [-0.3, -0.25) is 0 Å². The number of nitrogens with one attached hydrogen (secondary N) is 2. The van der Waals surface area contributed by atoms with E-state index in [2.05, 4.69) is 5.32 Å². The van der Waals surface area contributed by atoms with Gasteiger partial charge >= 0.3 is 6.03 Å². The Balaban J connectivity index is 2.98. The Morgan fingerprint density at radius 3 is 2.58 bits per heavy atom. The molecular weight excluding hydrogens is 273 g/mol. The van der Waals surface area contributed by atoms with Gasteiger partial charge in [0.15, 0.2) is 0 Å². The van der Waals surface area contributed by atoms with Gasteiger partial charge in [-0.05, 0) is 31.0 Å². The summed E-state index contributed by atoms with van der Waals surface area (Å²) in [6, 6.07) is 1.25. The molecule has 6 nitrogen and oxygen atoms in total. The Hall–Kier alpha value is -1.83. The molecule has 2 amide bonds. The summed E-state index contributed by atoms with van der Waals surface area (Å²) in [5, 5.41) is 2.36. The van der Waals surface area contributed by atoms with Gasteiger partial charge in [0.25, 0.3) is 10.0 Å². The van der Waals surface area contributed by atoms with Gasteiger partial charge in [0.05, 0.1) is 10.6 Å². The van der Waals surface area contributed by atoms with Crippen molar-refractivity contribution < 1.29 is 17.6 Å². The van der Waals surface area contributed by atoms with Crippen LogP contribution in [0, 0.1) is 12.7 Å². The first-order chi connectivity index (χ1) is 8.77. The largest absolute Gasteiger partial charge is 0.396 e. The highest BCUT2D eigenvalue weighted by atomic mass is 32.2. The third kappa shape index (κ3) is 3.82. The molecule has 0 radical (unpaired) electrons. The van der Waals surface area contributed by atoms with E-state index in [-0.39, 0.29) is 16.1 Å². The van der Waals surface area contributed by atoms with Crippen LogP contribution in [0.15, 0.2) is 17.0 Å². The summed E-state index contributed by atoms with van der Waals surface area (Å²) < 4.78 is 38.9. The summed E-state index contributed by atoms with van der Waals surface area (Å²) in [7, 11) is -4.06. The summed E-state index contributed by atoms with van der Waals surface area (Å²) in [5.41, 5.74) is 5.17. The third-order valence-corrected chi connectivity index (χ3v) is 3.64. The first-order valence-electron chi connectivity index (χ1n) is 5.64. The van der Waals surface area contributed by atoms with Crippen LogP contribution in [0.1, 0.15) is 18.9 Å². The maximum absolute atomic E-state index is 13.3. The SMILES string of the molecule is CCCNC(=O)NS(=O)(=O)c1cc(C)c(F)c(N)c1. The lowest BCUT2D eigenvalue weighted by atomic mass is 10.2. The number of sulfonamides is 1. The number of hydrogen-bond donors (Lipinski definition) is 3. The maximum atomic E-state index is 13.3. The lowest BCUT2D eigenvalue weighted by molar-refractivity contribution is 0.246. The molecule has 0 fully saturated rings. The van der Waals surface area contributed by atoms with Crippen LogP contribution in [0.4, 0.5) is 14.9 Å². The van der Waals surface area contributed by atoms with Crippen molar-refractivity contribution in [2.45, 2.75) is 25.2 Å². The molecule has 1 aromatic carbocycles. The average molecular weight is 289 g/mol. The summed E-state index contributed by atoms with van der Waals surface area (Å²) in [6.45, 7) is 3.58. The monoisotopic (exact) mass is 289 g/mol. The van der Waals surface area contributed by atoms with Gasteiger partial charge in [-0.1, -0.05) is 6.92 Å². The molecule has 0 aliphatic carbocycles. The fourth-order valence-corrected chi connectivity index (χ4v) is 2.42. The molecule has 0 atom stereocenters. The van der Waals surface area contributed by atoms with Gasteiger partial charge in [0.1, 0.15) is 5.82 Å². The molecule has 4 N–H and O–H groups in total. The van der Waals surface area contributed by atoms with E-state index in [0.29, 0.717) is 13.0 Å². The Kier molecular flexibility index (Phi) is 4.71. The number of benzene rings is 1. The van der Waals surface area contributed by atoms with Crippen molar-refractivity contribution >= 4 is 21.7 Å². The fraction of sp³-hybridized carbons (Fsp3) is 0.364. The summed E-state index contributed by atoms with van der Waals surface area (Å²) in [4.78, 5) is 11.1. The van der Waals surface area contributed by atoms with Crippen LogP contribution in [0.5, 0.6) is 0 Å². The number of aryl methyl sites for hydroxylation is 1. The van der Waals surface area contributed by atoms with Gasteiger partial charge < -0.3 is 11.1 Å². The van der Waals surface area contributed by atoms with Crippen molar-refractivity contribution in [1.82, 2.24) is 10.0 Å². The Morgan fingerprint density at radius 2 is 2.05 bits per heavy atom. The van der Waals surface area contributed by atoms with Crippen molar-refractivity contribution in [3.63, 3.8) is 0 Å². The van der Waals surface area contributed by atoms with Crippen LogP contribution >= 0.6 is 0 Å². The molecule has 0 saturated heterocycles. The number of urea groups is 1. The maximum Gasteiger partial charge on any atom is 0.328 e. The molecule has 106 valence electrons. The second-order valence-electron chi connectivity index (χ2n) is 4.00. The van der Waals surface area contributed by atoms with E-state index in [1.54, 1.807) is 0 Å². The fourth-order valence-electron chi connectivity index (χ4n) is 1.37. The Morgan fingerprint density at radius 1 is 1.42 bits per heavy atom. The second kappa shape index (κ2) is 5.87. The van der Waals surface area contributed by atoms with E-state index in [9.17, 15) is 17.6 Å². The van der Waals surface area contributed by atoms with Crippen molar-refractivity contribution in [1.29, 1.82) is 0 Å². The molecule has 1 rings (SSSR count). The third-order valence-electron chi connectivity index (χ3n) is 2.33. The van der Waals surface area contributed by atoms with E-state index < -0.39 is 21.9 Å². The minimum Gasteiger partial charge on any atom is -0.396 e. The van der Waals surface area contributed by atoms with Crippen LogP contribution in [0.3, 0.4) is 0 Å². The molecule has 0 aromatic heterocycles. The first kappa shape index (κ1) is 15.2. The number of nitrogen functional groups attached to an aromatic ring is 1. The van der Waals surface area contributed by atoms with Crippen molar-refractivity contribution in [3.8, 4) is 0 Å². The van der Waals surface area contributed by atoms with Crippen molar-refractivity contribution in [2.24, 2.45) is 0 Å². The molecule has 0 heterocycles. The lowest BCUT2D eigenvalue weighted by Gasteiger charge is -2.10. The van der Waals surface area contributed by atoms with Gasteiger partial charge in [-0.2, -0.15) is 0 Å². The number of hydrogen-bond acceptors (Lipinski definition) is 4. The van der Waals surface area contributed by atoms with E-state index >= 15 is 0 Å². The summed E-state index contributed by atoms with van der Waals surface area (Å²) >= 11 is 0. The van der Waals surface area contributed by atoms with E-state index in [1.807, 2.05) is 11.6 Å². The van der Waals surface area contributed by atoms with Gasteiger partial charge in [-0.25, -0.2) is 22.3 Å². The number of halogens is 1. The summed E-state index contributed by atoms with van der Waals surface area (Å²) in [6.07, 6.45) is 0.677. The quantitative estimate of drug-likeness (QED) is 0.723. The summed E-state index contributed by atoms with van der Waals surface area (Å²) in [5.74, 6) is -0.672. The predicted octanol–water partition coefficient (Wildman–Crippen LogP) is 1.11. The first-order valence-corrected chi connectivity index (χ1v) is 7.12. The van der Waals surface area contributed by atoms with Gasteiger partial charge in [-0.15, -0.1) is 0 Å². The molecule has 0 saturated carbocycles. The number of nitrogens with two attached hydrogens (primary N) is 1. The number of amides is 2. The van der Waals surface area contributed by atoms with Crippen LogP contribution in [0.2, 0.25) is 0 Å². The van der Waals surface area contributed by atoms with E-state index in [1.165, 1.54) is 6.92 Å². The molecule has 1 aromatic rings. The zero-order valence-corrected chi connectivity index (χ0v) is 11.5.